The Morgan fingerprint density at radius 1 is 1.29 bits per heavy atom. The summed E-state index contributed by atoms with van der Waals surface area (Å²) >= 11 is 0. The van der Waals surface area contributed by atoms with Crippen LogP contribution in [0.1, 0.15) is 15.9 Å². The fourth-order valence-corrected chi connectivity index (χ4v) is 2.86. The van der Waals surface area contributed by atoms with E-state index < -0.39 is 10.8 Å². The van der Waals surface area contributed by atoms with Gasteiger partial charge in [-0.3, -0.25) is 13.9 Å². The maximum atomic E-state index is 13.5. The summed E-state index contributed by atoms with van der Waals surface area (Å²) in [5.74, 6) is 0.203. The molecule has 1 fully saturated rings. The number of carbonyl (C=O) groups is 1. The van der Waals surface area contributed by atoms with Crippen LogP contribution in [0.15, 0.2) is 18.2 Å². The second-order valence-corrected chi connectivity index (χ2v) is 6.93. The van der Waals surface area contributed by atoms with Crippen LogP contribution in [0.4, 0.5) is 4.39 Å². The van der Waals surface area contributed by atoms with Crippen LogP contribution in [0.5, 0.6) is 0 Å². The van der Waals surface area contributed by atoms with Crippen LogP contribution in [-0.2, 0) is 10.8 Å². The number of rotatable bonds is 4. The molecule has 116 valence electrons. The molecule has 1 amide bonds. The molecule has 2 rings (SSSR count). The summed E-state index contributed by atoms with van der Waals surface area (Å²) in [6.45, 7) is 5.29. The number of benzene rings is 1. The first-order chi connectivity index (χ1) is 9.97. The van der Waals surface area contributed by atoms with Crippen molar-refractivity contribution < 1.29 is 13.4 Å². The molecule has 0 bridgehead atoms. The average molecular weight is 312 g/mol. The monoisotopic (exact) mass is 312 g/mol. The number of hydrogen-bond acceptors (Lipinski definition) is 3. The third-order valence-corrected chi connectivity index (χ3v) is 4.53. The Morgan fingerprint density at radius 2 is 1.95 bits per heavy atom. The number of amides is 1. The van der Waals surface area contributed by atoms with Crippen LogP contribution in [0, 0.1) is 12.7 Å². The van der Waals surface area contributed by atoms with Gasteiger partial charge in [-0.1, -0.05) is 6.07 Å². The highest BCUT2D eigenvalue weighted by atomic mass is 32.2. The van der Waals surface area contributed by atoms with Crippen molar-refractivity contribution in [2.45, 2.75) is 6.92 Å². The standard InChI is InChI=1S/C15H21FN2O2S/c1-12-3-4-13(11-14(12)16)15(19)18-7-5-17(6-8-18)9-10-21(2)20/h3-4,11H,5-10H2,1-2H3/t21-/m1/s1. The van der Waals surface area contributed by atoms with Crippen LogP contribution < -0.4 is 0 Å². The van der Waals surface area contributed by atoms with Crippen molar-refractivity contribution in [2.75, 3.05) is 44.7 Å². The van der Waals surface area contributed by atoms with Gasteiger partial charge in [0.15, 0.2) is 0 Å². The molecule has 1 aliphatic rings. The van der Waals surface area contributed by atoms with Crippen molar-refractivity contribution in [3.8, 4) is 0 Å². The van der Waals surface area contributed by atoms with Crippen molar-refractivity contribution >= 4 is 16.7 Å². The van der Waals surface area contributed by atoms with E-state index in [1.165, 1.54) is 6.07 Å². The molecule has 0 unspecified atom stereocenters. The zero-order valence-electron chi connectivity index (χ0n) is 12.5. The fraction of sp³-hybridized carbons (Fsp3) is 0.533. The van der Waals surface area contributed by atoms with Gasteiger partial charge in [0.25, 0.3) is 5.91 Å². The predicted octanol–water partition coefficient (Wildman–Crippen LogP) is 1.27. The van der Waals surface area contributed by atoms with E-state index in [1.54, 1.807) is 30.2 Å². The molecule has 0 N–H and O–H groups in total. The van der Waals surface area contributed by atoms with Crippen LogP contribution in [0.2, 0.25) is 0 Å². The lowest BCUT2D eigenvalue weighted by Crippen LogP contribution is -2.49. The summed E-state index contributed by atoms with van der Waals surface area (Å²) in [5.41, 5.74) is 0.949. The molecule has 1 aromatic rings. The van der Waals surface area contributed by atoms with E-state index in [-0.39, 0.29) is 11.7 Å². The first-order valence-corrected chi connectivity index (χ1v) is 8.78. The van der Waals surface area contributed by atoms with E-state index in [2.05, 4.69) is 4.90 Å². The minimum Gasteiger partial charge on any atom is -0.336 e. The molecular formula is C15H21FN2O2S. The number of halogens is 1. The van der Waals surface area contributed by atoms with E-state index >= 15 is 0 Å². The zero-order chi connectivity index (χ0) is 15.4. The highest BCUT2D eigenvalue weighted by molar-refractivity contribution is 7.84. The lowest BCUT2D eigenvalue weighted by atomic mass is 10.1. The smallest absolute Gasteiger partial charge is 0.254 e. The summed E-state index contributed by atoms with van der Waals surface area (Å²) in [6.07, 6.45) is 1.70. The molecule has 6 heteroatoms. The van der Waals surface area contributed by atoms with Gasteiger partial charge in [0.1, 0.15) is 5.82 Å². The van der Waals surface area contributed by atoms with Crippen molar-refractivity contribution in [3.05, 3.63) is 35.1 Å². The molecule has 0 aliphatic carbocycles. The van der Waals surface area contributed by atoms with Gasteiger partial charge in [0, 0.05) is 61.1 Å². The molecule has 1 atom stereocenters. The largest absolute Gasteiger partial charge is 0.336 e. The van der Waals surface area contributed by atoms with E-state index in [1.807, 2.05) is 0 Å². The van der Waals surface area contributed by atoms with Crippen molar-refractivity contribution in [2.24, 2.45) is 0 Å². The average Bonchev–Trinajstić information content (AvgIpc) is 2.48. The van der Waals surface area contributed by atoms with Crippen molar-refractivity contribution in [1.82, 2.24) is 9.80 Å². The fourth-order valence-electron chi connectivity index (χ4n) is 2.34. The zero-order valence-corrected chi connectivity index (χ0v) is 13.3. The minimum absolute atomic E-state index is 0.118. The molecule has 1 heterocycles. The number of piperazine rings is 1. The van der Waals surface area contributed by atoms with Gasteiger partial charge in [-0.25, -0.2) is 4.39 Å². The Labute approximate surface area is 127 Å². The Balaban J connectivity index is 1.90. The molecule has 1 aliphatic heterocycles. The van der Waals surface area contributed by atoms with Crippen LogP contribution in [0.25, 0.3) is 0 Å². The van der Waals surface area contributed by atoms with E-state index in [0.29, 0.717) is 30.0 Å². The highest BCUT2D eigenvalue weighted by Gasteiger charge is 2.22. The summed E-state index contributed by atoms with van der Waals surface area (Å²) in [4.78, 5) is 16.3. The molecule has 0 saturated carbocycles. The molecule has 1 aromatic carbocycles. The molecule has 0 spiro atoms. The maximum Gasteiger partial charge on any atom is 0.254 e. The predicted molar refractivity (Wildman–Crippen MR) is 82.4 cm³/mol. The number of nitrogens with zero attached hydrogens (tertiary/aromatic N) is 2. The first kappa shape index (κ1) is 16.1. The van der Waals surface area contributed by atoms with Gasteiger partial charge in [-0.15, -0.1) is 0 Å². The van der Waals surface area contributed by atoms with Gasteiger partial charge in [-0.05, 0) is 24.6 Å². The van der Waals surface area contributed by atoms with Crippen LogP contribution >= 0.6 is 0 Å². The lowest BCUT2D eigenvalue weighted by molar-refractivity contribution is 0.0644. The molecule has 0 radical (unpaired) electrons. The SMILES string of the molecule is Cc1ccc(C(=O)N2CCN(CC[S@@](C)=O)CC2)cc1F. The van der Waals surface area contributed by atoms with Crippen molar-refractivity contribution in [1.29, 1.82) is 0 Å². The third-order valence-electron chi connectivity index (χ3n) is 3.77. The molecule has 0 aromatic heterocycles. The first-order valence-electron chi connectivity index (χ1n) is 7.05. The lowest BCUT2D eigenvalue weighted by Gasteiger charge is -2.34. The number of carbonyl (C=O) groups excluding carboxylic acids is 1. The summed E-state index contributed by atoms with van der Waals surface area (Å²) in [6, 6.07) is 4.62. The molecular weight excluding hydrogens is 291 g/mol. The maximum absolute atomic E-state index is 13.5. The quantitative estimate of drug-likeness (QED) is 0.841. The summed E-state index contributed by atoms with van der Waals surface area (Å²) in [5, 5.41) is 0. The topological polar surface area (TPSA) is 40.6 Å². The highest BCUT2D eigenvalue weighted by Crippen LogP contribution is 2.13. The second kappa shape index (κ2) is 7.13. The summed E-state index contributed by atoms with van der Waals surface area (Å²) < 4.78 is 24.6. The molecule has 4 nitrogen and oxygen atoms in total. The Hall–Kier alpha value is -1.27. The van der Waals surface area contributed by atoms with Gasteiger partial charge in [0.2, 0.25) is 0 Å². The molecule has 21 heavy (non-hydrogen) atoms. The third kappa shape index (κ3) is 4.35. The van der Waals surface area contributed by atoms with E-state index in [0.717, 1.165) is 19.6 Å². The van der Waals surface area contributed by atoms with E-state index in [9.17, 15) is 13.4 Å². The van der Waals surface area contributed by atoms with Gasteiger partial charge in [-0.2, -0.15) is 0 Å². The van der Waals surface area contributed by atoms with E-state index in [4.69, 9.17) is 0 Å². The summed E-state index contributed by atoms with van der Waals surface area (Å²) in [7, 11) is -0.783. The second-order valence-electron chi connectivity index (χ2n) is 5.38. The van der Waals surface area contributed by atoms with Gasteiger partial charge < -0.3 is 4.90 Å². The van der Waals surface area contributed by atoms with Crippen LogP contribution in [0.3, 0.4) is 0 Å². The number of aryl methyl sites for hydroxylation is 1. The Bertz CT molecular complexity index is 542. The normalized spacial score (nSPS) is 17.8. The Kier molecular flexibility index (Phi) is 5.47. The minimum atomic E-state index is -0.783. The van der Waals surface area contributed by atoms with Crippen molar-refractivity contribution in [3.63, 3.8) is 0 Å². The van der Waals surface area contributed by atoms with Gasteiger partial charge in [0.05, 0.1) is 0 Å². The number of hydrogen-bond donors (Lipinski definition) is 0. The molecule has 1 saturated heterocycles. The van der Waals surface area contributed by atoms with Gasteiger partial charge >= 0.3 is 0 Å². The van der Waals surface area contributed by atoms with Crippen LogP contribution in [-0.4, -0.2) is 64.6 Å². The Morgan fingerprint density at radius 3 is 2.52 bits per heavy atom.